The fourth-order valence-corrected chi connectivity index (χ4v) is 2.33. The minimum Gasteiger partial charge on any atom is -0.394 e. The van der Waals surface area contributed by atoms with Gasteiger partial charge in [0.1, 0.15) is 0 Å². The number of nitrogens with one attached hydrogen (secondary N) is 2. The first-order valence-electron chi connectivity index (χ1n) is 6.94. The maximum Gasteiger partial charge on any atom is 0.332 e. The van der Waals surface area contributed by atoms with E-state index < -0.39 is 16.8 Å². The molecule has 2 aromatic rings. The molecule has 0 aliphatic rings. The molecule has 0 aromatic carbocycles. The summed E-state index contributed by atoms with van der Waals surface area (Å²) in [6, 6.07) is 0. The SMILES string of the molecule is CCC(CC)(CO)Nc1nc2c([nH]1)c(=O)n(C)c(=O)n2C. The van der Waals surface area contributed by atoms with Crippen LogP contribution in [0.3, 0.4) is 0 Å². The van der Waals surface area contributed by atoms with Crippen LogP contribution in [0.5, 0.6) is 0 Å². The monoisotopic (exact) mass is 295 g/mol. The van der Waals surface area contributed by atoms with Crippen molar-refractivity contribution < 1.29 is 5.11 Å². The molecule has 8 heteroatoms. The number of anilines is 1. The lowest BCUT2D eigenvalue weighted by Crippen LogP contribution is -2.41. The number of aromatic nitrogens is 4. The van der Waals surface area contributed by atoms with Crippen LogP contribution in [0.2, 0.25) is 0 Å². The molecule has 0 saturated heterocycles. The predicted molar refractivity (Wildman–Crippen MR) is 80.6 cm³/mol. The Morgan fingerprint density at radius 2 is 1.86 bits per heavy atom. The number of aliphatic hydroxyl groups is 1. The summed E-state index contributed by atoms with van der Waals surface area (Å²) in [5, 5.41) is 12.7. The molecule has 21 heavy (non-hydrogen) atoms. The molecule has 2 heterocycles. The molecule has 3 N–H and O–H groups in total. The molecule has 0 atom stereocenters. The van der Waals surface area contributed by atoms with Crippen molar-refractivity contribution in [3.63, 3.8) is 0 Å². The molecular weight excluding hydrogens is 274 g/mol. The van der Waals surface area contributed by atoms with Gasteiger partial charge in [0, 0.05) is 14.1 Å². The van der Waals surface area contributed by atoms with E-state index in [4.69, 9.17) is 0 Å². The van der Waals surface area contributed by atoms with Gasteiger partial charge in [0.25, 0.3) is 5.56 Å². The minimum atomic E-state index is -0.502. The van der Waals surface area contributed by atoms with Gasteiger partial charge < -0.3 is 15.4 Å². The number of aromatic amines is 1. The van der Waals surface area contributed by atoms with Crippen LogP contribution >= 0.6 is 0 Å². The maximum absolute atomic E-state index is 12.1. The van der Waals surface area contributed by atoms with Crippen molar-refractivity contribution in [2.75, 3.05) is 11.9 Å². The first-order chi connectivity index (χ1) is 9.89. The molecule has 0 saturated carbocycles. The van der Waals surface area contributed by atoms with E-state index in [1.165, 1.54) is 11.6 Å². The summed E-state index contributed by atoms with van der Waals surface area (Å²) in [6.45, 7) is 3.88. The summed E-state index contributed by atoms with van der Waals surface area (Å²) in [7, 11) is 2.99. The Kier molecular flexibility index (Phi) is 3.91. The van der Waals surface area contributed by atoms with Crippen LogP contribution in [-0.4, -0.2) is 36.4 Å². The molecule has 2 aromatic heterocycles. The van der Waals surface area contributed by atoms with E-state index in [0.717, 1.165) is 4.57 Å². The quantitative estimate of drug-likeness (QED) is 0.716. The molecule has 8 nitrogen and oxygen atoms in total. The molecule has 2 rings (SSSR count). The highest BCUT2D eigenvalue weighted by Crippen LogP contribution is 2.20. The third-order valence-corrected chi connectivity index (χ3v) is 4.13. The number of H-pyrrole nitrogens is 1. The van der Waals surface area contributed by atoms with Crippen molar-refractivity contribution >= 4 is 17.1 Å². The third-order valence-electron chi connectivity index (χ3n) is 4.13. The number of aryl methyl sites for hydroxylation is 1. The molecule has 0 amide bonds. The van der Waals surface area contributed by atoms with Crippen molar-refractivity contribution in [1.29, 1.82) is 0 Å². The second-order valence-corrected chi connectivity index (χ2v) is 5.26. The molecule has 0 aliphatic carbocycles. The molecule has 0 radical (unpaired) electrons. The Labute approximate surface area is 121 Å². The Bertz CT molecular complexity index is 758. The molecule has 0 spiro atoms. The summed E-state index contributed by atoms with van der Waals surface area (Å²) >= 11 is 0. The van der Waals surface area contributed by atoms with E-state index >= 15 is 0 Å². The topological polar surface area (TPSA) is 105 Å². The Hall–Kier alpha value is -2.09. The number of hydrogen-bond acceptors (Lipinski definition) is 5. The van der Waals surface area contributed by atoms with Gasteiger partial charge in [-0.05, 0) is 12.8 Å². The Morgan fingerprint density at radius 3 is 2.38 bits per heavy atom. The molecular formula is C13H21N5O3. The van der Waals surface area contributed by atoms with E-state index in [1.54, 1.807) is 7.05 Å². The van der Waals surface area contributed by atoms with E-state index in [9.17, 15) is 14.7 Å². The molecule has 0 fully saturated rings. The summed E-state index contributed by atoms with van der Waals surface area (Å²) in [6.07, 6.45) is 1.40. The van der Waals surface area contributed by atoms with Crippen LogP contribution in [0.15, 0.2) is 9.59 Å². The molecule has 0 unspecified atom stereocenters. The highest BCUT2D eigenvalue weighted by atomic mass is 16.3. The van der Waals surface area contributed by atoms with Crippen molar-refractivity contribution in [3.8, 4) is 0 Å². The fraction of sp³-hybridized carbons (Fsp3) is 0.615. The van der Waals surface area contributed by atoms with Gasteiger partial charge in [0.2, 0.25) is 5.95 Å². The van der Waals surface area contributed by atoms with Crippen molar-refractivity contribution in [1.82, 2.24) is 19.1 Å². The number of rotatable bonds is 5. The number of aliphatic hydroxyl groups excluding tert-OH is 1. The van der Waals surface area contributed by atoms with Crippen LogP contribution < -0.4 is 16.6 Å². The number of hydrogen-bond donors (Lipinski definition) is 3. The largest absolute Gasteiger partial charge is 0.394 e. The average Bonchev–Trinajstić information content (AvgIpc) is 2.92. The first-order valence-corrected chi connectivity index (χ1v) is 6.94. The van der Waals surface area contributed by atoms with Gasteiger partial charge in [-0.15, -0.1) is 0 Å². The second-order valence-electron chi connectivity index (χ2n) is 5.26. The highest BCUT2D eigenvalue weighted by molar-refractivity contribution is 5.72. The van der Waals surface area contributed by atoms with Crippen LogP contribution in [0.25, 0.3) is 11.2 Å². The molecule has 116 valence electrons. The zero-order valence-electron chi connectivity index (χ0n) is 12.7. The lowest BCUT2D eigenvalue weighted by molar-refractivity contribution is 0.202. The fourth-order valence-electron chi connectivity index (χ4n) is 2.33. The van der Waals surface area contributed by atoms with Crippen molar-refractivity contribution in [3.05, 3.63) is 20.8 Å². The van der Waals surface area contributed by atoms with Gasteiger partial charge in [-0.3, -0.25) is 13.9 Å². The van der Waals surface area contributed by atoms with Gasteiger partial charge in [-0.25, -0.2) is 4.79 Å². The molecule has 0 bridgehead atoms. The van der Waals surface area contributed by atoms with E-state index in [2.05, 4.69) is 15.3 Å². The maximum atomic E-state index is 12.1. The molecule has 0 aliphatic heterocycles. The Balaban J connectivity index is 2.59. The van der Waals surface area contributed by atoms with Gasteiger partial charge in [0.05, 0.1) is 12.1 Å². The van der Waals surface area contributed by atoms with E-state index in [0.29, 0.717) is 24.4 Å². The summed E-state index contributed by atoms with van der Waals surface area (Å²) < 4.78 is 2.35. The van der Waals surface area contributed by atoms with Crippen LogP contribution in [0.4, 0.5) is 5.95 Å². The third kappa shape index (κ3) is 2.35. The normalized spacial score (nSPS) is 12.0. The smallest absolute Gasteiger partial charge is 0.332 e. The van der Waals surface area contributed by atoms with E-state index in [-0.39, 0.29) is 12.1 Å². The summed E-state index contributed by atoms with van der Waals surface area (Å²) in [4.78, 5) is 31.1. The first kappa shape index (κ1) is 15.3. The van der Waals surface area contributed by atoms with Crippen molar-refractivity contribution in [2.45, 2.75) is 32.2 Å². The minimum absolute atomic E-state index is 0.0476. The highest BCUT2D eigenvalue weighted by Gasteiger charge is 2.26. The van der Waals surface area contributed by atoms with Gasteiger partial charge >= 0.3 is 5.69 Å². The zero-order chi connectivity index (χ0) is 15.8. The second kappa shape index (κ2) is 5.36. The zero-order valence-corrected chi connectivity index (χ0v) is 12.7. The number of nitrogens with zero attached hydrogens (tertiary/aromatic N) is 3. The lowest BCUT2D eigenvalue weighted by Gasteiger charge is -2.30. The van der Waals surface area contributed by atoms with Gasteiger partial charge in [-0.1, -0.05) is 13.8 Å². The van der Waals surface area contributed by atoms with Crippen LogP contribution in [0.1, 0.15) is 26.7 Å². The van der Waals surface area contributed by atoms with Crippen molar-refractivity contribution in [2.24, 2.45) is 14.1 Å². The van der Waals surface area contributed by atoms with Gasteiger partial charge in [0.15, 0.2) is 11.2 Å². The average molecular weight is 295 g/mol. The van der Waals surface area contributed by atoms with E-state index in [1.807, 2.05) is 13.8 Å². The standard InChI is InChI=1S/C13H21N5O3/c1-5-13(6-2,7-19)16-11-14-8-9(15-11)17(3)12(21)18(4)10(8)20/h19H,5-7H2,1-4H3,(H2,14,15,16). The predicted octanol–water partition coefficient (Wildman–Crippen LogP) is -0.0767. The number of fused-ring (bicyclic) bond motifs is 1. The van der Waals surface area contributed by atoms with Gasteiger partial charge in [-0.2, -0.15) is 4.98 Å². The summed E-state index contributed by atoms with van der Waals surface area (Å²) in [5.74, 6) is 0.376. The Morgan fingerprint density at radius 1 is 1.24 bits per heavy atom. The number of imidazole rings is 1. The lowest BCUT2D eigenvalue weighted by atomic mass is 9.94. The van der Waals surface area contributed by atoms with Crippen LogP contribution in [-0.2, 0) is 14.1 Å². The summed E-state index contributed by atoms with van der Waals surface area (Å²) in [5.41, 5.74) is -0.787. The van der Waals surface area contributed by atoms with Crippen LogP contribution in [0, 0.1) is 0 Å².